The normalized spacial score (nSPS) is 22.4. The smallest absolute Gasteiger partial charge is 0.295 e. The van der Waals surface area contributed by atoms with E-state index in [1.165, 1.54) is 17.5 Å². The molecular weight excluding hydrogens is 426 g/mol. The van der Waals surface area contributed by atoms with Crippen molar-refractivity contribution in [1.29, 1.82) is 0 Å². The number of ether oxygens (including phenoxy) is 1. The summed E-state index contributed by atoms with van der Waals surface area (Å²) in [5.41, 5.74) is 4.18. The Kier molecular flexibility index (Phi) is 6.20. The highest BCUT2D eigenvalue weighted by atomic mass is 16.5. The first kappa shape index (κ1) is 22.7. The molecule has 5 nitrogen and oxygen atoms in total. The molecule has 2 aliphatic carbocycles. The second-order valence-corrected chi connectivity index (χ2v) is 10.1. The highest BCUT2D eigenvalue weighted by Gasteiger charge is 2.49. The van der Waals surface area contributed by atoms with Crippen LogP contribution in [0, 0.1) is 0 Å². The fraction of sp³-hybridized carbons (Fsp3) is 0.448. The number of nitrogens with zero attached hydrogens (tertiary/aromatic N) is 1. The number of likely N-dealkylation sites (tertiary alicyclic amines) is 1. The van der Waals surface area contributed by atoms with Crippen LogP contribution in [0.3, 0.4) is 0 Å². The molecule has 0 bridgehead atoms. The van der Waals surface area contributed by atoms with Gasteiger partial charge in [0, 0.05) is 11.6 Å². The fourth-order valence-corrected chi connectivity index (χ4v) is 5.77. The third-order valence-electron chi connectivity index (χ3n) is 7.39. The van der Waals surface area contributed by atoms with Gasteiger partial charge in [0.25, 0.3) is 11.7 Å². The number of amides is 1. The standard InChI is InChI=1S/C29H33NO4/c1-18(2)34-24-15-13-20(14-16-24)26-25(28(32)29(33)30(26)23-9-5-6-10-23)27(31)22-12-11-19-7-3-4-8-21(19)17-22/h11-18,23,26,31H,3-10H2,1-2H3/b27-25-. The van der Waals surface area contributed by atoms with E-state index in [2.05, 4.69) is 6.07 Å². The van der Waals surface area contributed by atoms with E-state index in [1.807, 2.05) is 50.2 Å². The van der Waals surface area contributed by atoms with Gasteiger partial charge in [-0.1, -0.05) is 37.1 Å². The number of carbonyl (C=O) groups excluding carboxylic acids is 2. The Bertz CT molecular complexity index is 1130. The molecule has 5 heteroatoms. The lowest BCUT2D eigenvalue weighted by molar-refractivity contribution is -0.141. The minimum Gasteiger partial charge on any atom is -0.507 e. The highest BCUT2D eigenvalue weighted by Crippen LogP contribution is 2.44. The van der Waals surface area contributed by atoms with Crippen LogP contribution in [-0.2, 0) is 22.4 Å². The highest BCUT2D eigenvalue weighted by molar-refractivity contribution is 6.46. The number of benzene rings is 2. The van der Waals surface area contributed by atoms with Gasteiger partial charge >= 0.3 is 0 Å². The second-order valence-electron chi connectivity index (χ2n) is 10.1. The number of carbonyl (C=O) groups is 2. The summed E-state index contributed by atoms with van der Waals surface area (Å²) in [4.78, 5) is 28.3. The average Bonchev–Trinajstić information content (AvgIpc) is 3.45. The molecule has 34 heavy (non-hydrogen) atoms. The number of hydrogen-bond acceptors (Lipinski definition) is 4. The van der Waals surface area contributed by atoms with Crippen LogP contribution in [-0.4, -0.2) is 33.8 Å². The molecule has 1 aliphatic heterocycles. The summed E-state index contributed by atoms with van der Waals surface area (Å²) in [6.07, 6.45) is 8.27. The van der Waals surface area contributed by atoms with Crippen LogP contribution in [0.2, 0.25) is 0 Å². The van der Waals surface area contributed by atoms with Crippen LogP contribution < -0.4 is 4.74 Å². The third-order valence-corrected chi connectivity index (χ3v) is 7.39. The van der Waals surface area contributed by atoms with Gasteiger partial charge in [-0.15, -0.1) is 0 Å². The Hall–Kier alpha value is -3.08. The number of aliphatic hydroxyl groups is 1. The number of ketones is 1. The molecule has 1 amide bonds. The van der Waals surface area contributed by atoms with Gasteiger partial charge in [-0.3, -0.25) is 9.59 Å². The maximum absolute atomic E-state index is 13.3. The van der Waals surface area contributed by atoms with E-state index in [1.54, 1.807) is 4.90 Å². The van der Waals surface area contributed by atoms with Crippen molar-refractivity contribution in [3.05, 3.63) is 70.3 Å². The van der Waals surface area contributed by atoms with Gasteiger partial charge < -0.3 is 14.7 Å². The zero-order valence-corrected chi connectivity index (χ0v) is 20.0. The Morgan fingerprint density at radius 3 is 2.29 bits per heavy atom. The van der Waals surface area contributed by atoms with Gasteiger partial charge in [0.2, 0.25) is 0 Å². The lowest BCUT2D eigenvalue weighted by Crippen LogP contribution is -2.37. The van der Waals surface area contributed by atoms with Crippen LogP contribution in [0.4, 0.5) is 0 Å². The lowest BCUT2D eigenvalue weighted by Gasteiger charge is -2.31. The van der Waals surface area contributed by atoms with Crippen molar-refractivity contribution in [2.45, 2.75) is 83.4 Å². The van der Waals surface area contributed by atoms with Crippen molar-refractivity contribution < 1.29 is 19.4 Å². The summed E-state index contributed by atoms with van der Waals surface area (Å²) in [5, 5.41) is 11.4. The lowest BCUT2D eigenvalue weighted by atomic mass is 9.88. The molecule has 2 aromatic carbocycles. The molecule has 1 unspecified atom stereocenters. The predicted molar refractivity (Wildman–Crippen MR) is 132 cm³/mol. The molecule has 1 saturated carbocycles. The molecule has 2 aromatic rings. The van der Waals surface area contributed by atoms with Gasteiger partial charge in [0.05, 0.1) is 17.7 Å². The first-order valence-corrected chi connectivity index (χ1v) is 12.6. The van der Waals surface area contributed by atoms with Gasteiger partial charge in [0.15, 0.2) is 0 Å². The van der Waals surface area contributed by atoms with E-state index in [0.717, 1.165) is 56.3 Å². The van der Waals surface area contributed by atoms with E-state index < -0.39 is 17.7 Å². The Morgan fingerprint density at radius 2 is 1.62 bits per heavy atom. The van der Waals surface area contributed by atoms with Crippen molar-refractivity contribution in [3.8, 4) is 5.75 Å². The van der Waals surface area contributed by atoms with Crippen molar-refractivity contribution >= 4 is 17.4 Å². The van der Waals surface area contributed by atoms with E-state index in [0.29, 0.717) is 5.56 Å². The van der Waals surface area contributed by atoms with Gasteiger partial charge in [-0.05, 0) is 87.3 Å². The summed E-state index contributed by atoms with van der Waals surface area (Å²) in [6.45, 7) is 3.95. The van der Waals surface area contributed by atoms with Crippen LogP contribution in [0.15, 0.2) is 48.0 Å². The molecule has 3 aliphatic rings. The maximum atomic E-state index is 13.3. The number of Topliss-reactive ketones (excluding diaryl/α,β-unsaturated/α-hetero) is 1. The van der Waals surface area contributed by atoms with Gasteiger partial charge in [-0.2, -0.15) is 0 Å². The van der Waals surface area contributed by atoms with Crippen LogP contribution in [0.5, 0.6) is 5.75 Å². The fourth-order valence-electron chi connectivity index (χ4n) is 5.77. The number of hydrogen-bond donors (Lipinski definition) is 1. The molecule has 0 spiro atoms. The molecule has 1 saturated heterocycles. The Labute approximate surface area is 201 Å². The largest absolute Gasteiger partial charge is 0.507 e. The second kappa shape index (κ2) is 9.28. The van der Waals surface area contributed by atoms with Crippen molar-refractivity contribution in [1.82, 2.24) is 4.90 Å². The van der Waals surface area contributed by atoms with Crippen LogP contribution in [0.25, 0.3) is 5.76 Å². The minimum atomic E-state index is -0.591. The van der Waals surface area contributed by atoms with E-state index >= 15 is 0 Å². The number of rotatable bonds is 5. The van der Waals surface area contributed by atoms with E-state index in [-0.39, 0.29) is 23.5 Å². The summed E-state index contributed by atoms with van der Waals surface area (Å²) >= 11 is 0. The molecule has 5 rings (SSSR count). The third kappa shape index (κ3) is 4.13. The predicted octanol–water partition coefficient (Wildman–Crippen LogP) is 5.72. The molecule has 2 fully saturated rings. The van der Waals surface area contributed by atoms with Crippen molar-refractivity contribution in [2.75, 3.05) is 0 Å². The zero-order valence-electron chi connectivity index (χ0n) is 20.0. The first-order chi connectivity index (χ1) is 16.4. The van der Waals surface area contributed by atoms with E-state index in [4.69, 9.17) is 4.74 Å². The van der Waals surface area contributed by atoms with Crippen LogP contribution in [0.1, 0.15) is 80.7 Å². The summed E-state index contributed by atoms with van der Waals surface area (Å²) in [5.74, 6) is -0.417. The molecule has 1 N–H and O–H groups in total. The number of aryl methyl sites for hydroxylation is 2. The van der Waals surface area contributed by atoms with Gasteiger partial charge in [-0.25, -0.2) is 0 Å². The Balaban J connectivity index is 1.60. The zero-order chi connectivity index (χ0) is 23.8. The Morgan fingerprint density at radius 1 is 0.941 bits per heavy atom. The summed E-state index contributed by atoms with van der Waals surface area (Å²) in [6, 6.07) is 13.0. The molecule has 1 heterocycles. The van der Waals surface area contributed by atoms with Crippen LogP contribution >= 0.6 is 0 Å². The minimum absolute atomic E-state index is 0.0156. The molecule has 178 valence electrons. The average molecular weight is 460 g/mol. The van der Waals surface area contributed by atoms with E-state index in [9.17, 15) is 14.7 Å². The quantitative estimate of drug-likeness (QED) is 0.353. The van der Waals surface area contributed by atoms with Crippen molar-refractivity contribution in [3.63, 3.8) is 0 Å². The van der Waals surface area contributed by atoms with Crippen molar-refractivity contribution in [2.24, 2.45) is 0 Å². The topological polar surface area (TPSA) is 66.8 Å². The summed E-state index contributed by atoms with van der Waals surface area (Å²) < 4.78 is 5.79. The maximum Gasteiger partial charge on any atom is 0.295 e. The molecule has 1 atom stereocenters. The summed E-state index contributed by atoms with van der Waals surface area (Å²) in [7, 11) is 0. The van der Waals surface area contributed by atoms with Gasteiger partial charge in [0.1, 0.15) is 11.5 Å². The monoisotopic (exact) mass is 459 g/mol. The number of fused-ring (bicyclic) bond motifs is 1. The molecule has 0 radical (unpaired) electrons. The first-order valence-electron chi connectivity index (χ1n) is 12.6. The number of aliphatic hydroxyl groups excluding tert-OH is 1. The SMILES string of the molecule is CC(C)Oc1ccc(C2/C(=C(/O)c3ccc4c(c3)CCCC4)C(=O)C(=O)N2C2CCCC2)cc1. The molecular formula is C29H33NO4. The molecule has 0 aromatic heterocycles.